The van der Waals surface area contributed by atoms with Gasteiger partial charge in [-0.25, -0.2) is 0 Å². The Kier molecular flexibility index (Phi) is 4.14. The Morgan fingerprint density at radius 3 is 2.53 bits per heavy atom. The number of hydrogen-bond donors (Lipinski definition) is 1. The van der Waals surface area contributed by atoms with E-state index in [0.29, 0.717) is 10.2 Å². The van der Waals surface area contributed by atoms with Crippen molar-refractivity contribution in [1.29, 1.82) is 0 Å². The maximum Gasteiger partial charge on any atom is 0.262 e. The Hall–Kier alpha value is -1.50. The Labute approximate surface area is 115 Å². The molecular weight excluding hydrogens is 264 g/mol. The van der Waals surface area contributed by atoms with Crippen LogP contribution >= 0.6 is 12.2 Å². The Morgan fingerprint density at radius 1 is 1.26 bits per heavy atom. The first kappa shape index (κ1) is 13.9. The second kappa shape index (κ2) is 5.64. The van der Waals surface area contributed by atoms with Gasteiger partial charge in [0, 0.05) is 14.2 Å². The maximum atomic E-state index is 12.5. The zero-order chi connectivity index (χ0) is 14.0. The predicted molar refractivity (Wildman–Crippen MR) is 75.9 cm³/mol. The normalized spacial score (nSPS) is 13.1. The number of aromatic amines is 1. The molecule has 0 spiro atoms. The van der Waals surface area contributed by atoms with E-state index in [0.717, 1.165) is 5.52 Å². The number of ether oxygens (including phenoxy) is 2. The van der Waals surface area contributed by atoms with Crippen LogP contribution in [-0.4, -0.2) is 30.1 Å². The molecule has 6 heteroatoms. The molecule has 0 saturated carbocycles. The fourth-order valence-corrected chi connectivity index (χ4v) is 2.52. The molecule has 0 aliphatic rings. The number of benzene rings is 1. The highest BCUT2D eigenvalue weighted by Gasteiger charge is 2.20. The van der Waals surface area contributed by atoms with Gasteiger partial charge in [-0.2, -0.15) is 0 Å². The van der Waals surface area contributed by atoms with E-state index < -0.39 is 6.29 Å². The number of para-hydroxylation sites is 1. The van der Waals surface area contributed by atoms with Crippen LogP contribution in [0.4, 0.5) is 0 Å². The van der Waals surface area contributed by atoms with Crippen molar-refractivity contribution in [2.75, 3.05) is 14.2 Å². The van der Waals surface area contributed by atoms with Crippen LogP contribution < -0.4 is 5.56 Å². The third-order valence-corrected chi connectivity index (χ3v) is 3.40. The molecule has 0 amide bonds. The summed E-state index contributed by atoms with van der Waals surface area (Å²) in [5.41, 5.74) is 0.582. The van der Waals surface area contributed by atoms with Crippen molar-refractivity contribution in [2.24, 2.45) is 0 Å². The van der Waals surface area contributed by atoms with Gasteiger partial charge < -0.3 is 14.5 Å². The highest BCUT2D eigenvalue weighted by atomic mass is 32.1. The zero-order valence-electron chi connectivity index (χ0n) is 11.0. The Morgan fingerprint density at radius 2 is 1.89 bits per heavy atom. The Bertz CT molecular complexity index is 688. The molecule has 5 nitrogen and oxygen atoms in total. The number of nitrogens with one attached hydrogen (secondary N) is 1. The van der Waals surface area contributed by atoms with Gasteiger partial charge in [0.15, 0.2) is 11.1 Å². The van der Waals surface area contributed by atoms with Gasteiger partial charge in [-0.15, -0.1) is 0 Å². The monoisotopic (exact) mass is 280 g/mol. The summed E-state index contributed by atoms with van der Waals surface area (Å²) in [6.45, 7) is 1.83. The molecule has 1 heterocycles. The quantitative estimate of drug-likeness (QED) is 0.689. The van der Waals surface area contributed by atoms with Gasteiger partial charge in [0.05, 0.1) is 16.9 Å². The number of hydrogen-bond acceptors (Lipinski definition) is 4. The average Bonchev–Trinajstić information content (AvgIpc) is 2.40. The SMILES string of the molecule is COC(OC)[C@@H](C)n1c(=S)[nH]c2ccccc2c1=O. The summed E-state index contributed by atoms with van der Waals surface area (Å²) in [5.74, 6) is 0. The molecular formula is C13H16N2O3S. The minimum absolute atomic E-state index is 0.147. The lowest BCUT2D eigenvalue weighted by Crippen LogP contribution is -2.34. The van der Waals surface area contributed by atoms with Crippen LogP contribution in [-0.2, 0) is 9.47 Å². The minimum atomic E-state index is -0.533. The molecule has 0 fully saturated rings. The number of rotatable bonds is 4. The van der Waals surface area contributed by atoms with E-state index in [2.05, 4.69) is 4.98 Å². The van der Waals surface area contributed by atoms with E-state index in [9.17, 15) is 4.79 Å². The molecule has 1 aromatic heterocycles. The third-order valence-electron chi connectivity index (χ3n) is 3.10. The van der Waals surface area contributed by atoms with Crippen LogP contribution in [0.5, 0.6) is 0 Å². The highest BCUT2D eigenvalue weighted by Crippen LogP contribution is 2.15. The number of H-pyrrole nitrogens is 1. The topological polar surface area (TPSA) is 56.2 Å². The predicted octanol–water partition coefficient (Wildman–Crippen LogP) is 2.24. The van der Waals surface area contributed by atoms with Crippen molar-refractivity contribution in [1.82, 2.24) is 9.55 Å². The summed E-state index contributed by atoms with van der Waals surface area (Å²) in [7, 11) is 3.06. The average molecular weight is 280 g/mol. The molecule has 1 atom stereocenters. The third kappa shape index (κ3) is 2.47. The number of nitrogens with zero attached hydrogens (tertiary/aromatic N) is 1. The molecule has 0 radical (unpaired) electrons. The van der Waals surface area contributed by atoms with Gasteiger partial charge in [0.2, 0.25) is 0 Å². The summed E-state index contributed by atoms with van der Waals surface area (Å²) in [5, 5.41) is 0.592. The van der Waals surface area contributed by atoms with Crippen LogP contribution in [0.2, 0.25) is 0 Å². The summed E-state index contributed by atoms with van der Waals surface area (Å²) in [4.78, 5) is 15.5. The minimum Gasteiger partial charge on any atom is -0.354 e. The molecule has 1 aromatic carbocycles. The lowest BCUT2D eigenvalue weighted by atomic mass is 10.2. The first-order valence-electron chi connectivity index (χ1n) is 5.89. The molecule has 0 unspecified atom stereocenters. The second-order valence-corrected chi connectivity index (χ2v) is 4.62. The molecule has 0 saturated heterocycles. The van der Waals surface area contributed by atoms with E-state index in [1.54, 1.807) is 6.07 Å². The molecule has 0 aliphatic heterocycles. The molecule has 102 valence electrons. The van der Waals surface area contributed by atoms with Gasteiger partial charge in [-0.3, -0.25) is 9.36 Å². The first-order chi connectivity index (χ1) is 9.10. The lowest BCUT2D eigenvalue weighted by Gasteiger charge is -2.23. The first-order valence-corrected chi connectivity index (χ1v) is 6.30. The van der Waals surface area contributed by atoms with Crippen LogP contribution in [0.25, 0.3) is 10.9 Å². The van der Waals surface area contributed by atoms with E-state index >= 15 is 0 Å². The van der Waals surface area contributed by atoms with Crippen LogP contribution in [0, 0.1) is 4.77 Å². The van der Waals surface area contributed by atoms with E-state index in [-0.39, 0.29) is 11.6 Å². The summed E-state index contributed by atoms with van der Waals surface area (Å²) in [6.07, 6.45) is -0.533. The molecule has 0 aliphatic carbocycles. The molecule has 19 heavy (non-hydrogen) atoms. The van der Waals surface area contributed by atoms with E-state index in [1.165, 1.54) is 18.8 Å². The molecule has 2 rings (SSSR count). The molecule has 2 aromatic rings. The van der Waals surface area contributed by atoms with Crippen molar-refractivity contribution in [2.45, 2.75) is 19.3 Å². The van der Waals surface area contributed by atoms with Crippen LogP contribution in [0.3, 0.4) is 0 Å². The number of methoxy groups -OCH3 is 2. The van der Waals surface area contributed by atoms with Gasteiger partial charge in [0.1, 0.15) is 0 Å². The van der Waals surface area contributed by atoms with Gasteiger partial charge >= 0.3 is 0 Å². The largest absolute Gasteiger partial charge is 0.354 e. The highest BCUT2D eigenvalue weighted by molar-refractivity contribution is 7.71. The van der Waals surface area contributed by atoms with E-state index in [4.69, 9.17) is 21.7 Å². The fourth-order valence-electron chi connectivity index (χ4n) is 2.16. The molecule has 1 N–H and O–H groups in total. The van der Waals surface area contributed by atoms with Crippen LogP contribution in [0.1, 0.15) is 13.0 Å². The van der Waals surface area contributed by atoms with Crippen molar-refractivity contribution < 1.29 is 9.47 Å². The summed E-state index contributed by atoms with van der Waals surface area (Å²) < 4.78 is 12.2. The molecule has 0 bridgehead atoms. The van der Waals surface area contributed by atoms with Crippen molar-refractivity contribution in [3.8, 4) is 0 Å². The number of fused-ring (bicyclic) bond motifs is 1. The second-order valence-electron chi connectivity index (χ2n) is 4.23. The summed E-state index contributed by atoms with van der Waals surface area (Å²) in [6, 6.07) is 6.94. The number of aromatic nitrogens is 2. The van der Waals surface area contributed by atoms with Gasteiger partial charge in [-0.1, -0.05) is 12.1 Å². The fraction of sp³-hybridized carbons (Fsp3) is 0.385. The standard InChI is InChI=1S/C13H16N2O3S/c1-8(12(17-2)18-3)15-11(16)9-6-4-5-7-10(9)14-13(15)19/h4-8,12H,1-3H3,(H,14,19)/t8-/m1/s1. The van der Waals surface area contributed by atoms with Crippen molar-refractivity contribution in [3.63, 3.8) is 0 Å². The van der Waals surface area contributed by atoms with Crippen molar-refractivity contribution in [3.05, 3.63) is 39.4 Å². The maximum absolute atomic E-state index is 12.5. The van der Waals surface area contributed by atoms with Crippen molar-refractivity contribution >= 4 is 23.1 Å². The summed E-state index contributed by atoms with van der Waals surface area (Å²) >= 11 is 5.25. The van der Waals surface area contributed by atoms with Gasteiger partial charge in [0.25, 0.3) is 5.56 Å². The Balaban J connectivity index is 2.67. The lowest BCUT2D eigenvalue weighted by molar-refractivity contribution is -0.129. The zero-order valence-corrected chi connectivity index (χ0v) is 11.9. The van der Waals surface area contributed by atoms with E-state index in [1.807, 2.05) is 25.1 Å². The van der Waals surface area contributed by atoms with Gasteiger partial charge in [-0.05, 0) is 31.3 Å². The smallest absolute Gasteiger partial charge is 0.262 e. The van der Waals surface area contributed by atoms with Crippen LogP contribution in [0.15, 0.2) is 29.1 Å².